The number of amides is 2. The SMILES string of the molecule is O=C(NC(Cc1ccccc1)C(=O)Nc1ncn[nH]1)c1cccs1. The van der Waals surface area contributed by atoms with Crippen LogP contribution in [0.5, 0.6) is 0 Å². The summed E-state index contributed by atoms with van der Waals surface area (Å²) in [6, 6.07) is 12.3. The molecule has 0 aliphatic heterocycles. The number of hydrogen-bond acceptors (Lipinski definition) is 5. The van der Waals surface area contributed by atoms with Crippen molar-refractivity contribution in [3.05, 3.63) is 64.6 Å². The Morgan fingerprint density at radius 2 is 2.00 bits per heavy atom. The summed E-state index contributed by atoms with van der Waals surface area (Å²) in [5.74, 6) is -0.400. The van der Waals surface area contributed by atoms with E-state index in [1.807, 2.05) is 35.7 Å². The van der Waals surface area contributed by atoms with Crippen LogP contribution in [0.3, 0.4) is 0 Å². The third-order valence-electron chi connectivity index (χ3n) is 3.31. The van der Waals surface area contributed by atoms with Gasteiger partial charge in [0.25, 0.3) is 5.91 Å². The van der Waals surface area contributed by atoms with Gasteiger partial charge < -0.3 is 5.32 Å². The minimum absolute atomic E-state index is 0.239. The largest absolute Gasteiger partial charge is 0.339 e. The predicted molar refractivity (Wildman–Crippen MR) is 90.7 cm³/mol. The number of thiophene rings is 1. The van der Waals surface area contributed by atoms with Crippen LogP contribution in [0.4, 0.5) is 5.95 Å². The van der Waals surface area contributed by atoms with E-state index < -0.39 is 6.04 Å². The van der Waals surface area contributed by atoms with Gasteiger partial charge in [-0.15, -0.1) is 11.3 Å². The summed E-state index contributed by atoms with van der Waals surface area (Å²) in [7, 11) is 0. The Morgan fingerprint density at radius 1 is 1.17 bits per heavy atom. The maximum atomic E-state index is 12.5. The standard InChI is InChI=1S/C16H15N5O2S/c22-14(20-16-17-10-18-21-16)12(9-11-5-2-1-3-6-11)19-15(23)13-7-4-8-24-13/h1-8,10,12H,9H2,(H,19,23)(H2,17,18,20,21,22). The summed E-state index contributed by atoms with van der Waals surface area (Å²) in [6.45, 7) is 0. The van der Waals surface area contributed by atoms with Crippen LogP contribution >= 0.6 is 11.3 Å². The van der Waals surface area contributed by atoms with Gasteiger partial charge in [0.2, 0.25) is 11.9 Å². The first-order chi connectivity index (χ1) is 11.7. The molecule has 3 N–H and O–H groups in total. The summed E-state index contributed by atoms with van der Waals surface area (Å²) >= 11 is 1.32. The van der Waals surface area contributed by atoms with Gasteiger partial charge >= 0.3 is 0 Å². The second kappa shape index (κ2) is 7.51. The van der Waals surface area contributed by atoms with Crippen molar-refractivity contribution in [2.75, 3.05) is 5.32 Å². The van der Waals surface area contributed by atoms with E-state index in [1.165, 1.54) is 17.7 Å². The normalized spacial score (nSPS) is 11.7. The minimum atomic E-state index is -0.730. The van der Waals surface area contributed by atoms with Crippen molar-refractivity contribution in [1.29, 1.82) is 0 Å². The monoisotopic (exact) mass is 341 g/mol. The van der Waals surface area contributed by atoms with Crippen LogP contribution in [0.2, 0.25) is 0 Å². The number of benzene rings is 1. The Hall–Kier alpha value is -3.00. The van der Waals surface area contributed by atoms with E-state index in [0.717, 1.165) is 5.56 Å². The molecule has 0 spiro atoms. The number of carbonyl (C=O) groups is 2. The van der Waals surface area contributed by atoms with Gasteiger partial charge in [-0.2, -0.15) is 10.1 Å². The van der Waals surface area contributed by atoms with Gasteiger partial charge in [-0.05, 0) is 17.0 Å². The van der Waals surface area contributed by atoms with Crippen molar-refractivity contribution in [1.82, 2.24) is 20.5 Å². The lowest BCUT2D eigenvalue weighted by Gasteiger charge is -2.17. The van der Waals surface area contributed by atoms with Gasteiger partial charge in [0.15, 0.2) is 0 Å². The van der Waals surface area contributed by atoms with Gasteiger partial charge in [0.05, 0.1) is 4.88 Å². The van der Waals surface area contributed by atoms with Crippen molar-refractivity contribution < 1.29 is 9.59 Å². The van der Waals surface area contributed by atoms with Crippen LogP contribution in [0.25, 0.3) is 0 Å². The lowest BCUT2D eigenvalue weighted by atomic mass is 10.1. The zero-order valence-electron chi connectivity index (χ0n) is 12.6. The molecular formula is C16H15N5O2S. The summed E-state index contributed by atoms with van der Waals surface area (Å²) in [5, 5.41) is 13.5. The van der Waals surface area contributed by atoms with E-state index >= 15 is 0 Å². The molecule has 1 aromatic carbocycles. The smallest absolute Gasteiger partial charge is 0.262 e. The number of aromatic nitrogens is 3. The second-order valence-electron chi connectivity index (χ2n) is 5.02. The van der Waals surface area contributed by atoms with Gasteiger partial charge in [0.1, 0.15) is 12.4 Å². The quantitative estimate of drug-likeness (QED) is 0.637. The van der Waals surface area contributed by atoms with E-state index in [1.54, 1.807) is 12.1 Å². The molecule has 0 aliphatic carbocycles. The van der Waals surface area contributed by atoms with Gasteiger partial charge in [-0.1, -0.05) is 36.4 Å². The maximum Gasteiger partial charge on any atom is 0.262 e. The van der Waals surface area contributed by atoms with E-state index in [9.17, 15) is 9.59 Å². The topological polar surface area (TPSA) is 99.8 Å². The Morgan fingerprint density at radius 3 is 2.67 bits per heavy atom. The average Bonchev–Trinajstić information content (AvgIpc) is 3.29. The summed E-state index contributed by atoms with van der Waals surface area (Å²) < 4.78 is 0. The van der Waals surface area contributed by atoms with E-state index in [-0.39, 0.29) is 17.8 Å². The molecule has 122 valence electrons. The maximum absolute atomic E-state index is 12.5. The molecule has 24 heavy (non-hydrogen) atoms. The zero-order valence-corrected chi connectivity index (χ0v) is 13.4. The molecule has 7 nitrogen and oxygen atoms in total. The summed E-state index contributed by atoms with van der Waals surface area (Å²) in [6.07, 6.45) is 1.67. The number of carbonyl (C=O) groups excluding carboxylic acids is 2. The fourth-order valence-corrected chi connectivity index (χ4v) is 2.79. The molecule has 2 aromatic heterocycles. The Kier molecular flexibility index (Phi) is 4.97. The van der Waals surface area contributed by atoms with Crippen molar-refractivity contribution in [3.63, 3.8) is 0 Å². The van der Waals surface area contributed by atoms with E-state index in [2.05, 4.69) is 25.8 Å². The molecule has 0 bridgehead atoms. The molecule has 0 aliphatic rings. The van der Waals surface area contributed by atoms with Crippen LogP contribution in [-0.4, -0.2) is 33.0 Å². The highest BCUT2D eigenvalue weighted by molar-refractivity contribution is 7.12. The first-order valence-electron chi connectivity index (χ1n) is 7.27. The molecule has 0 radical (unpaired) electrons. The molecule has 1 unspecified atom stereocenters. The fourth-order valence-electron chi connectivity index (χ4n) is 2.17. The first kappa shape index (κ1) is 15.9. The van der Waals surface area contributed by atoms with Gasteiger partial charge in [-0.3, -0.25) is 14.9 Å². The number of aromatic amines is 1. The van der Waals surface area contributed by atoms with Gasteiger partial charge in [-0.25, -0.2) is 5.10 Å². The Bertz CT molecular complexity index is 787. The summed E-state index contributed by atoms with van der Waals surface area (Å²) in [4.78, 5) is 29.2. The van der Waals surface area contributed by atoms with E-state index in [4.69, 9.17) is 0 Å². The molecule has 1 atom stereocenters. The van der Waals surface area contributed by atoms with Crippen LogP contribution in [0.1, 0.15) is 15.2 Å². The highest BCUT2D eigenvalue weighted by Gasteiger charge is 2.23. The zero-order chi connectivity index (χ0) is 16.8. The molecular weight excluding hydrogens is 326 g/mol. The molecule has 3 rings (SSSR count). The number of hydrogen-bond donors (Lipinski definition) is 3. The summed E-state index contributed by atoms with van der Waals surface area (Å²) in [5.41, 5.74) is 0.946. The highest BCUT2D eigenvalue weighted by Crippen LogP contribution is 2.10. The number of nitrogens with one attached hydrogen (secondary N) is 3. The first-order valence-corrected chi connectivity index (χ1v) is 8.15. The van der Waals surface area contributed by atoms with Crippen molar-refractivity contribution in [3.8, 4) is 0 Å². The van der Waals surface area contributed by atoms with Crippen LogP contribution < -0.4 is 10.6 Å². The lowest BCUT2D eigenvalue weighted by molar-refractivity contribution is -0.118. The number of rotatable bonds is 6. The number of anilines is 1. The molecule has 0 fully saturated rings. The minimum Gasteiger partial charge on any atom is -0.339 e. The molecule has 2 heterocycles. The number of H-pyrrole nitrogens is 1. The van der Waals surface area contributed by atoms with Crippen LogP contribution in [0, 0.1) is 0 Å². The number of nitrogens with zero attached hydrogens (tertiary/aromatic N) is 2. The van der Waals surface area contributed by atoms with Crippen molar-refractivity contribution in [2.24, 2.45) is 0 Å². The molecule has 8 heteroatoms. The molecule has 3 aromatic rings. The van der Waals surface area contributed by atoms with Crippen LogP contribution in [-0.2, 0) is 11.2 Å². The third kappa shape index (κ3) is 4.05. The lowest BCUT2D eigenvalue weighted by Crippen LogP contribution is -2.45. The van der Waals surface area contributed by atoms with Crippen LogP contribution in [0.15, 0.2) is 54.2 Å². The van der Waals surface area contributed by atoms with Crippen molar-refractivity contribution in [2.45, 2.75) is 12.5 Å². The molecule has 0 saturated heterocycles. The third-order valence-corrected chi connectivity index (χ3v) is 4.17. The Labute approximate surface area is 142 Å². The average molecular weight is 341 g/mol. The predicted octanol–water partition coefficient (Wildman–Crippen LogP) is 1.85. The van der Waals surface area contributed by atoms with Crippen molar-refractivity contribution >= 4 is 29.1 Å². The van der Waals surface area contributed by atoms with E-state index in [0.29, 0.717) is 11.3 Å². The van der Waals surface area contributed by atoms with Gasteiger partial charge in [0, 0.05) is 6.42 Å². The second-order valence-corrected chi connectivity index (χ2v) is 5.96. The fraction of sp³-hybridized carbons (Fsp3) is 0.125. The molecule has 0 saturated carbocycles. The Balaban J connectivity index is 1.74. The molecule has 2 amide bonds. The highest BCUT2D eigenvalue weighted by atomic mass is 32.1.